The summed E-state index contributed by atoms with van der Waals surface area (Å²) in [4.78, 5) is 17.8. The van der Waals surface area contributed by atoms with Gasteiger partial charge in [0.2, 0.25) is 0 Å². The molecule has 146 valence electrons. The lowest BCUT2D eigenvalue weighted by atomic mass is 10.1. The topological polar surface area (TPSA) is 48.4 Å². The van der Waals surface area contributed by atoms with Gasteiger partial charge in [0.05, 0.1) is 35.4 Å². The zero-order chi connectivity index (χ0) is 20.4. The third-order valence-electron chi connectivity index (χ3n) is 4.53. The van der Waals surface area contributed by atoms with Crippen molar-refractivity contribution in [3.05, 3.63) is 71.4 Å². The Balaban J connectivity index is 1.75. The Labute approximate surface area is 171 Å². The van der Waals surface area contributed by atoms with E-state index in [-0.39, 0.29) is 0 Å². The molecule has 2 aromatic carbocycles. The molecule has 0 radical (unpaired) electrons. The maximum absolute atomic E-state index is 13.7. The number of pyridine rings is 1. The molecule has 0 amide bonds. The standard InChI is InChI=1S/C23H18FNO3S/c1-3-28-17-7-4-14(5-8-17)15-10-22(29-13-15)21-12-19(23(26)27-2)18-11-16(24)6-9-20(18)25-21/h4-13H,3H2,1-2H3. The van der Waals surface area contributed by atoms with Crippen molar-refractivity contribution in [1.82, 2.24) is 4.98 Å². The minimum Gasteiger partial charge on any atom is -0.494 e. The van der Waals surface area contributed by atoms with Crippen LogP contribution < -0.4 is 4.74 Å². The lowest BCUT2D eigenvalue weighted by Gasteiger charge is -2.07. The summed E-state index contributed by atoms with van der Waals surface area (Å²) in [6, 6.07) is 15.8. The molecule has 29 heavy (non-hydrogen) atoms. The number of methoxy groups -OCH3 is 1. The Morgan fingerprint density at radius 1 is 1.07 bits per heavy atom. The second-order valence-corrected chi connectivity index (χ2v) is 7.28. The van der Waals surface area contributed by atoms with Gasteiger partial charge in [-0.1, -0.05) is 12.1 Å². The predicted octanol–water partition coefficient (Wildman–Crippen LogP) is 5.95. The molecule has 0 aliphatic rings. The summed E-state index contributed by atoms with van der Waals surface area (Å²) in [7, 11) is 1.31. The summed E-state index contributed by atoms with van der Waals surface area (Å²) in [5, 5.41) is 2.48. The van der Waals surface area contributed by atoms with Gasteiger partial charge in [0.1, 0.15) is 11.6 Å². The van der Waals surface area contributed by atoms with Crippen LogP contribution in [0.25, 0.3) is 32.6 Å². The number of hydrogen-bond acceptors (Lipinski definition) is 5. The van der Waals surface area contributed by atoms with E-state index in [1.165, 1.54) is 30.6 Å². The molecule has 2 heterocycles. The first kappa shape index (κ1) is 19.1. The van der Waals surface area contributed by atoms with Crippen LogP contribution in [0.5, 0.6) is 5.75 Å². The molecule has 0 atom stereocenters. The van der Waals surface area contributed by atoms with E-state index in [1.54, 1.807) is 12.1 Å². The Hall–Kier alpha value is -3.25. The number of fused-ring (bicyclic) bond motifs is 1. The number of esters is 1. The third-order valence-corrected chi connectivity index (χ3v) is 5.48. The number of hydrogen-bond donors (Lipinski definition) is 0. The normalized spacial score (nSPS) is 10.9. The van der Waals surface area contributed by atoms with Crippen molar-refractivity contribution >= 4 is 28.2 Å². The Morgan fingerprint density at radius 3 is 2.59 bits per heavy atom. The van der Waals surface area contributed by atoms with Crippen molar-refractivity contribution in [3.8, 4) is 27.4 Å². The Kier molecular flexibility index (Phi) is 5.27. The van der Waals surface area contributed by atoms with Gasteiger partial charge in [-0.2, -0.15) is 0 Å². The van der Waals surface area contributed by atoms with E-state index >= 15 is 0 Å². The van der Waals surface area contributed by atoms with Crippen LogP contribution >= 0.6 is 11.3 Å². The highest BCUT2D eigenvalue weighted by Crippen LogP contribution is 2.34. The quantitative estimate of drug-likeness (QED) is 0.383. The summed E-state index contributed by atoms with van der Waals surface area (Å²) in [5.74, 6) is -0.114. The molecule has 0 spiro atoms. The van der Waals surface area contributed by atoms with Gasteiger partial charge >= 0.3 is 5.97 Å². The molecule has 0 N–H and O–H groups in total. The molecular weight excluding hydrogens is 389 g/mol. The van der Waals surface area contributed by atoms with Crippen molar-refractivity contribution in [2.24, 2.45) is 0 Å². The highest BCUT2D eigenvalue weighted by Gasteiger charge is 2.16. The minimum atomic E-state index is -0.521. The summed E-state index contributed by atoms with van der Waals surface area (Å²) in [5.41, 5.74) is 3.59. The molecule has 0 aliphatic heterocycles. The van der Waals surface area contributed by atoms with Gasteiger partial charge in [0.15, 0.2) is 0 Å². The van der Waals surface area contributed by atoms with Crippen molar-refractivity contribution in [3.63, 3.8) is 0 Å². The number of halogens is 1. The van der Waals surface area contributed by atoms with E-state index in [9.17, 15) is 9.18 Å². The molecule has 2 aromatic heterocycles. The SMILES string of the molecule is CCOc1ccc(-c2csc(-c3cc(C(=O)OC)c4cc(F)ccc4n3)c2)cc1. The second-order valence-electron chi connectivity index (χ2n) is 6.37. The highest BCUT2D eigenvalue weighted by molar-refractivity contribution is 7.14. The monoisotopic (exact) mass is 407 g/mol. The largest absolute Gasteiger partial charge is 0.494 e. The number of rotatable bonds is 5. The van der Waals surface area contributed by atoms with Gasteiger partial charge in [-0.25, -0.2) is 14.2 Å². The molecule has 4 nitrogen and oxygen atoms in total. The van der Waals surface area contributed by atoms with Crippen LogP contribution in [0.4, 0.5) is 4.39 Å². The number of ether oxygens (including phenoxy) is 2. The fourth-order valence-electron chi connectivity index (χ4n) is 3.14. The number of nitrogens with zero attached hydrogens (tertiary/aromatic N) is 1. The first-order valence-corrected chi connectivity index (χ1v) is 9.97. The summed E-state index contributed by atoms with van der Waals surface area (Å²) in [6.07, 6.45) is 0. The molecule has 0 unspecified atom stereocenters. The third kappa shape index (κ3) is 3.84. The molecule has 0 saturated heterocycles. The molecule has 0 fully saturated rings. The average molecular weight is 407 g/mol. The van der Waals surface area contributed by atoms with Gasteiger partial charge in [-0.15, -0.1) is 11.3 Å². The highest BCUT2D eigenvalue weighted by atomic mass is 32.1. The molecular formula is C23H18FNO3S. The molecule has 0 aliphatic carbocycles. The zero-order valence-corrected chi connectivity index (χ0v) is 16.8. The van der Waals surface area contributed by atoms with Crippen molar-refractivity contribution in [1.29, 1.82) is 0 Å². The molecule has 0 saturated carbocycles. The van der Waals surface area contributed by atoms with E-state index in [0.717, 1.165) is 21.8 Å². The fourth-order valence-corrected chi connectivity index (χ4v) is 4.01. The number of benzene rings is 2. The lowest BCUT2D eigenvalue weighted by Crippen LogP contribution is -2.04. The van der Waals surface area contributed by atoms with Gasteiger partial charge in [0, 0.05) is 5.39 Å². The maximum atomic E-state index is 13.7. The predicted molar refractivity (Wildman–Crippen MR) is 113 cm³/mol. The summed E-state index contributed by atoms with van der Waals surface area (Å²) >= 11 is 1.53. The average Bonchev–Trinajstić information content (AvgIpc) is 3.23. The van der Waals surface area contributed by atoms with Crippen LogP contribution in [0.2, 0.25) is 0 Å². The van der Waals surface area contributed by atoms with Gasteiger partial charge in [-0.3, -0.25) is 0 Å². The van der Waals surface area contributed by atoms with Gasteiger partial charge < -0.3 is 9.47 Å². The first-order chi connectivity index (χ1) is 14.1. The second kappa shape index (κ2) is 8.01. The Morgan fingerprint density at radius 2 is 1.86 bits per heavy atom. The number of aromatic nitrogens is 1. The van der Waals surface area contributed by atoms with Gasteiger partial charge in [-0.05, 0) is 65.9 Å². The van der Waals surface area contributed by atoms with Crippen LogP contribution in [0, 0.1) is 5.82 Å². The van der Waals surface area contributed by atoms with Crippen LogP contribution in [-0.2, 0) is 4.74 Å². The van der Waals surface area contributed by atoms with Crippen LogP contribution in [0.15, 0.2) is 60.0 Å². The summed E-state index contributed by atoms with van der Waals surface area (Å²) in [6.45, 7) is 2.58. The van der Waals surface area contributed by atoms with E-state index in [1.807, 2.05) is 42.6 Å². The van der Waals surface area contributed by atoms with E-state index in [4.69, 9.17) is 9.47 Å². The minimum absolute atomic E-state index is 0.294. The zero-order valence-electron chi connectivity index (χ0n) is 15.9. The van der Waals surface area contributed by atoms with Gasteiger partial charge in [0.25, 0.3) is 0 Å². The van der Waals surface area contributed by atoms with Crippen LogP contribution in [-0.4, -0.2) is 24.7 Å². The van der Waals surface area contributed by atoms with Crippen molar-refractivity contribution in [2.75, 3.05) is 13.7 Å². The van der Waals surface area contributed by atoms with E-state index in [0.29, 0.717) is 28.8 Å². The lowest BCUT2D eigenvalue weighted by molar-refractivity contribution is 0.0603. The number of carbonyl (C=O) groups excluding carboxylic acids is 1. The maximum Gasteiger partial charge on any atom is 0.338 e. The number of carbonyl (C=O) groups is 1. The molecule has 6 heteroatoms. The molecule has 4 aromatic rings. The summed E-state index contributed by atoms with van der Waals surface area (Å²) < 4.78 is 24.1. The molecule has 4 rings (SSSR count). The first-order valence-electron chi connectivity index (χ1n) is 9.10. The van der Waals surface area contributed by atoms with Crippen LogP contribution in [0.1, 0.15) is 17.3 Å². The van der Waals surface area contributed by atoms with E-state index < -0.39 is 11.8 Å². The Bertz CT molecular complexity index is 1180. The van der Waals surface area contributed by atoms with Crippen molar-refractivity contribution < 1.29 is 18.7 Å². The number of thiophene rings is 1. The van der Waals surface area contributed by atoms with E-state index in [2.05, 4.69) is 4.98 Å². The fraction of sp³-hybridized carbons (Fsp3) is 0.130. The van der Waals surface area contributed by atoms with Crippen molar-refractivity contribution in [2.45, 2.75) is 6.92 Å². The smallest absolute Gasteiger partial charge is 0.338 e. The molecule has 0 bridgehead atoms. The van der Waals surface area contributed by atoms with Crippen LogP contribution in [0.3, 0.4) is 0 Å².